The van der Waals surface area contributed by atoms with Gasteiger partial charge >= 0.3 is 6.03 Å². The van der Waals surface area contributed by atoms with Gasteiger partial charge in [0.05, 0.1) is 6.04 Å². The number of rotatable bonds is 3. The van der Waals surface area contributed by atoms with Gasteiger partial charge in [0.2, 0.25) is 0 Å². The van der Waals surface area contributed by atoms with E-state index in [2.05, 4.69) is 22.8 Å². The molecular weight excluding hydrogens is 329 g/mol. The molecule has 2 aromatic rings. The van der Waals surface area contributed by atoms with Crippen molar-refractivity contribution in [3.63, 3.8) is 0 Å². The van der Waals surface area contributed by atoms with Gasteiger partial charge < -0.3 is 15.5 Å². The Kier molecular flexibility index (Phi) is 4.89. The predicted molar refractivity (Wildman–Crippen MR) is 99.5 cm³/mol. The van der Waals surface area contributed by atoms with Crippen LogP contribution in [0.4, 0.5) is 9.18 Å². The van der Waals surface area contributed by atoms with E-state index in [0.29, 0.717) is 19.0 Å². The lowest BCUT2D eigenvalue weighted by atomic mass is 9.88. The molecule has 0 radical (unpaired) electrons. The lowest BCUT2D eigenvalue weighted by Gasteiger charge is -2.38. The molecule has 0 spiro atoms. The van der Waals surface area contributed by atoms with E-state index in [-0.39, 0.29) is 17.9 Å². The highest BCUT2D eigenvalue weighted by Gasteiger charge is 2.32. The molecule has 26 heavy (non-hydrogen) atoms. The van der Waals surface area contributed by atoms with Crippen LogP contribution in [0.1, 0.15) is 29.2 Å². The highest BCUT2D eigenvalue weighted by molar-refractivity contribution is 5.76. The molecular formula is C21H24FN3O. The minimum absolute atomic E-state index is 0.0410. The number of hydrogen-bond acceptors (Lipinski definition) is 2. The van der Waals surface area contributed by atoms with Crippen LogP contribution >= 0.6 is 0 Å². The molecule has 0 saturated carbocycles. The van der Waals surface area contributed by atoms with Gasteiger partial charge in [-0.3, -0.25) is 0 Å². The molecule has 5 heteroatoms. The molecule has 2 heterocycles. The molecule has 4 nitrogen and oxygen atoms in total. The third kappa shape index (κ3) is 3.44. The normalized spacial score (nSPS) is 22.1. The molecule has 0 aliphatic carbocycles. The molecule has 1 saturated heterocycles. The van der Waals surface area contributed by atoms with Crippen molar-refractivity contribution in [1.29, 1.82) is 0 Å². The summed E-state index contributed by atoms with van der Waals surface area (Å²) in [5.74, 6) is 0.239. The number of nitrogens with zero attached hydrogens (tertiary/aromatic N) is 1. The van der Waals surface area contributed by atoms with Crippen molar-refractivity contribution in [3.8, 4) is 0 Å². The number of benzene rings is 2. The quantitative estimate of drug-likeness (QED) is 0.891. The smallest absolute Gasteiger partial charge is 0.318 e. The number of carbonyl (C=O) groups excluding carboxylic acids is 1. The highest BCUT2D eigenvalue weighted by Crippen LogP contribution is 2.35. The monoisotopic (exact) mass is 353 g/mol. The zero-order chi connectivity index (χ0) is 17.9. The first-order valence-electron chi connectivity index (χ1n) is 9.31. The maximum absolute atomic E-state index is 13.4. The van der Waals surface area contributed by atoms with Gasteiger partial charge in [0.1, 0.15) is 5.82 Å². The van der Waals surface area contributed by atoms with Gasteiger partial charge in [0.15, 0.2) is 0 Å². The molecule has 136 valence electrons. The van der Waals surface area contributed by atoms with Gasteiger partial charge in [0, 0.05) is 13.1 Å². The summed E-state index contributed by atoms with van der Waals surface area (Å²) in [6, 6.07) is 14.5. The van der Waals surface area contributed by atoms with E-state index in [1.165, 1.54) is 17.7 Å². The molecule has 0 aromatic heterocycles. The predicted octanol–water partition coefficient (Wildman–Crippen LogP) is 3.09. The summed E-state index contributed by atoms with van der Waals surface area (Å²) in [5, 5.41) is 6.44. The van der Waals surface area contributed by atoms with Crippen LogP contribution in [-0.4, -0.2) is 37.1 Å². The van der Waals surface area contributed by atoms with E-state index in [9.17, 15) is 9.18 Å². The number of nitrogens with one attached hydrogen (secondary N) is 2. The van der Waals surface area contributed by atoms with Gasteiger partial charge in [-0.1, -0.05) is 36.4 Å². The summed E-state index contributed by atoms with van der Waals surface area (Å²) in [7, 11) is 0. The first-order chi connectivity index (χ1) is 12.7. The van der Waals surface area contributed by atoms with E-state index in [1.54, 1.807) is 12.1 Å². The Morgan fingerprint density at radius 2 is 2.00 bits per heavy atom. The fourth-order valence-corrected chi connectivity index (χ4v) is 4.01. The SMILES string of the molecule is O=C(NC[C@H]1CCNC1)N1CCc2ccccc2[C@@H]1c1ccc(F)cc1. The van der Waals surface area contributed by atoms with Crippen LogP contribution in [0.5, 0.6) is 0 Å². The largest absolute Gasteiger partial charge is 0.338 e. The van der Waals surface area contributed by atoms with E-state index < -0.39 is 0 Å². The maximum atomic E-state index is 13.4. The number of halogens is 1. The summed E-state index contributed by atoms with van der Waals surface area (Å²) in [6.07, 6.45) is 1.94. The zero-order valence-electron chi connectivity index (χ0n) is 14.7. The van der Waals surface area contributed by atoms with Crippen molar-refractivity contribution in [2.45, 2.75) is 18.9 Å². The van der Waals surface area contributed by atoms with Gasteiger partial charge in [-0.2, -0.15) is 0 Å². The first kappa shape index (κ1) is 17.0. The van der Waals surface area contributed by atoms with Crippen LogP contribution in [0.15, 0.2) is 48.5 Å². The topological polar surface area (TPSA) is 44.4 Å². The van der Waals surface area contributed by atoms with Crippen molar-refractivity contribution < 1.29 is 9.18 Å². The second kappa shape index (κ2) is 7.46. The summed E-state index contributed by atoms with van der Waals surface area (Å²) in [4.78, 5) is 14.8. The van der Waals surface area contributed by atoms with Gasteiger partial charge in [0.25, 0.3) is 0 Å². The van der Waals surface area contributed by atoms with Crippen molar-refractivity contribution in [2.24, 2.45) is 5.92 Å². The number of carbonyl (C=O) groups is 1. The number of fused-ring (bicyclic) bond motifs is 1. The molecule has 1 fully saturated rings. The lowest BCUT2D eigenvalue weighted by Crippen LogP contribution is -2.47. The minimum atomic E-state index is -0.262. The average Bonchev–Trinajstić information content (AvgIpc) is 3.19. The first-order valence-corrected chi connectivity index (χ1v) is 9.31. The van der Waals surface area contributed by atoms with Crippen LogP contribution in [0, 0.1) is 11.7 Å². The molecule has 0 unspecified atom stereocenters. The van der Waals surface area contributed by atoms with Crippen LogP contribution in [0.25, 0.3) is 0 Å². The molecule has 4 rings (SSSR count). The number of amides is 2. The molecule has 2 atom stereocenters. The minimum Gasteiger partial charge on any atom is -0.338 e. The average molecular weight is 353 g/mol. The van der Waals surface area contributed by atoms with Crippen molar-refractivity contribution in [2.75, 3.05) is 26.2 Å². The Labute approximate surface area is 153 Å². The number of hydrogen-bond donors (Lipinski definition) is 2. The summed E-state index contributed by atoms with van der Waals surface area (Å²) in [5.41, 5.74) is 3.32. The Bertz CT molecular complexity index is 771. The second-order valence-electron chi connectivity index (χ2n) is 7.14. The molecule has 2 aliphatic rings. The van der Waals surface area contributed by atoms with Crippen molar-refractivity contribution in [1.82, 2.24) is 15.5 Å². The van der Waals surface area contributed by atoms with Crippen molar-refractivity contribution in [3.05, 3.63) is 71.0 Å². The Balaban J connectivity index is 1.59. The van der Waals surface area contributed by atoms with E-state index in [4.69, 9.17) is 0 Å². The third-order valence-corrected chi connectivity index (χ3v) is 5.43. The zero-order valence-corrected chi connectivity index (χ0v) is 14.7. The van der Waals surface area contributed by atoms with E-state index >= 15 is 0 Å². The highest BCUT2D eigenvalue weighted by atomic mass is 19.1. The summed E-state index contributed by atoms with van der Waals surface area (Å²) >= 11 is 0. The Hall–Kier alpha value is -2.40. The molecule has 2 N–H and O–H groups in total. The van der Waals surface area contributed by atoms with Crippen LogP contribution in [0.3, 0.4) is 0 Å². The molecule has 0 bridgehead atoms. The fourth-order valence-electron chi connectivity index (χ4n) is 4.01. The molecule has 2 amide bonds. The third-order valence-electron chi connectivity index (χ3n) is 5.43. The van der Waals surface area contributed by atoms with E-state index in [0.717, 1.165) is 37.1 Å². The Morgan fingerprint density at radius 3 is 2.77 bits per heavy atom. The standard InChI is InChI=1S/C21H24FN3O/c22-18-7-5-17(6-8-18)20-19-4-2-1-3-16(19)10-12-25(20)21(26)24-14-15-9-11-23-13-15/h1-8,15,20,23H,9-14H2,(H,24,26)/t15-,20-/m0/s1. The maximum Gasteiger partial charge on any atom is 0.318 e. The number of urea groups is 1. The summed E-state index contributed by atoms with van der Waals surface area (Å²) < 4.78 is 13.4. The van der Waals surface area contributed by atoms with Crippen LogP contribution < -0.4 is 10.6 Å². The Morgan fingerprint density at radius 1 is 1.19 bits per heavy atom. The van der Waals surface area contributed by atoms with Gasteiger partial charge in [-0.15, -0.1) is 0 Å². The van der Waals surface area contributed by atoms with Gasteiger partial charge in [-0.25, -0.2) is 9.18 Å². The van der Waals surface area contributed by atoms with E-state index in [1.807, 2.05) is 17.0 Å². The van der Waals surface area contributed by atoms with Crippen LogP contribution in [0.2, 0.25) is 0 Å². The second-order valence-corrected chi connectivity index (χ2v) is 7.14. The summed E-state index contributed by atoms with van der Waals surface area (Å²) in [6.45, 7) is 3.34. The lowest BCUT2D eigenvalue weighted by molar-refractivity contribution is 0.178. The molecule has 2 aromatic carbocycles. The van der Waals surface area contributed by atoms with Crippen molar-refractivity contribution >= 4 is 6.03 Å². The molecule has 2 aliphatic heterocycles. The van der Waals surface area contributed by atoms with Gasteiger partial charge in [-0.05, 0) is 60.7 Å². The fraction of sp³-hybridized carbons (Fsp3) is 0.381. The van der Waals surface area contributed by atoms with Crippen LogP contribution in [-0.2, 0) is 6.42 Å².